The third-order valence-electron chi connectivity index (χ3n) is 5.77. The zero-order valence-corrected chi connectivity index (χ0v) is 19.3. The highest BCUT2D eigenvalue weighted by Gasteiger charge is 2.35. The van der Waals surface area contributed by atoms with Crippen LogP contribution in [0.1, 0.15) is 68.3 Å². The van der Waals surface area contributed by atoms with Gasteiger partial charge in [-0.2, -0.15) is 4.31 Å². The van der Waals surface area contributed by atoms with Crippen molar-refractivity contribution in [3.05, 3.63) is 47.4 Å². The number of Topliss-reactive ketones (excluding diaryl/α,β-unsaturated/α-hetero) is 1. The van der Waals surface area contributed by atoms with E-state index in [2.05, 4.69) is 5.32 Å². The SMILES string of the molecule is CC(=O)c1cc(CCC(=O)Nc2ccc(S(=O)(=O)N3[C@H](C)CCC[C@@H]3C)cc2)oc1C. The van der Waals surface area contributed by atoms with Crippen molar-refractivity contribution in [1.29, 1.82) is 0 Å². The molecule has 168 valence electrons. The summed E-state index contributed by atoms with van der Waals surface area (Å²) in [6, 6.07) is 7.91. The highest BCUT2D eigenvalue weighted by Crippen LogP contribution is 2.30. The molecule has 7 nitrogen and oxygen atoms in total. The Kier molecular flexibility index (Phi) is 7.01. The van der Waals surface area contributed by atoms with Crippen LogP contribution in [0.4, 0.5) is 5.69 Å². The summed E-state index contributed by atoms with van der Waals surface area (Å²) in [7, 11) is -3.58. The number of anilines is 1. The van der Waals surface area contributed by atoms with Crippen LogP contribution in [0.15, 0.2) is 39.6 Å². The average molecular weight is 447 g/mol. The molecule has 1 amide bonds. The van der Waals surface area contributed by atoms with Crippen molar-refractivity contribution >= 4 is 27.4 Å². The lowest BCUT2D eigenvalue weighted by molar-refractivity contribution is -0.116. The maximum absolute atomic E-state index is 13.1. The number of nitrogens with zero attached hydrogens (tertiary/aromatic N) is 1. The molecule has 0 aliphatic carbocycles. The van der Waals surface area contributed by atoms with Gasteiger partial charge < -0.3 is 9.73 Å². The highest BCUT2D eigenvalue weighted by molar-refractivity contribution is 7.89. The van der Waals surface area contributed by atoms with E-state index in [0.717, 1.165) is 19.3 Å². The number of furan rings is 1. The minimum absolute atomic E-state index is 0.0260. The van der Waals surface area contributed by atoms with E-state index in [1.54, 1.807) is 29.4 Å². The standard InChI is InChI=1S/C23H30N2O5S/c1-15-6-5-7-16(2)25(15)31(28,29)21-11-8-19(9-12-21)24-23(27)13-10-20-14-22(17(3)26)18(4)30-20/h8-9,11-12,14-16H,5-7,10,13H2,1-4H3,(H,24,27)/t15-,16+. The molecule has 0 spiro atoms. The van der Waals surface area contributed by atoms with Gasteiger partial charge in [0.2, 0.25) is 15.9 Å². The van der Waals surface area contributed by atoms with Gasteiger partial charge in [0.05, 0.1) is 10.5 Å². The van der Waals surface area contributed by atoms with Crippen molar-refractivity contribution < 1.29 is 22.4 Å². The number of hydrogen-bond donors (Lipinski definition) is 1. The van der Waals surface area contributed by atoms with Crippen molar-refractivity contribution in [2.24, 2.45) is 0 Å². The lowest BCUT2D eigenvalue weighted by atomic mass is 10.0. The summed E-state index contributed by atoms with van der Waals surface area (Å²) in [6.45, 7) is 7.09. The van der Waals surface area contributed by atoms with Crippen molar-refractivity contribution in [2.45, 2.75) is 76.8 Å². The van der Waals surface area contributed by atoms with Crippen molar-refractivity contribution in [3.8, 4) is 0 Å². The number of rotatable bonds is 7. The summed E-state index contributed by atoms with van der Waals surface area (Å²) in [6.07, 6.45) is 3.32. The molecule has 1 N–H and O–H groups in total. The fourth-order valence-electron chi connectivity index (χ4n) is 4.18. The molecule has 2 heterocycles. The number of sulfonamides is 1. The lowest BCUT2D eigenvalue weighted by Crippen LogP contribution is -2.47. The first kappa shape index (κ1) is 23.2. The molecular formula is C23H30N2O5S. The zero-order chi connectivity index (χ0) is 22.8. The molecule has 2 atom stereocenters. The van der Waals surface area contributed by atoms with E-state index in [0.29, 0.717) is 29.2 Å². The van der Waals surface area contributed by atoms with Crippen LogP contribution in [0.2, 0.25) is 0 Å². The molecule has 3 rings (SSSR count). The summed E-state index contributed by atoms with van der Waals surface area (Å²) in [5.74, 6) is 0.855. The number of piperidine rings is 1. The van der Waals surface area contributed by atoms with E-state index >= 15 is 0 Å². The monoisotopic (exact) mass is 446 g/mol. The highest BCUT2D eigenvalue weighted by atomic mass is 32.2. The Hall–Kier alpha value is -2.45. The predicted molar refractivity (Wildman–Crippen MR) is 119 cm³/mol. The number of nitrogens with one attached hydrogen (secondary N) is 1. The van der Waals surface area contributed by atoms with Gasteiger partial charge in [-0.15, -0.1) is 0 Å². The van der Waals surface area contributed by atoms with Gasteiger partial charge in [-0.05, 0) is 70.9 Å². The lowest BCUT2D eigenvalue weighted by Gasteiger charge is -2.37. The average Bonchev–Trinajstić information content (AvgIpc) is 3.07. The van der Waals surface area contributed by atoms with E-state index in [1.807, 2.05) is 13.8 Å². The van der Waals surface area contributed by atoms with Crippen LogP contribution in [-0.4, -0.2) is 36.5 Å². The van der Waals surface area contributed by atoms with Crippen molar-refractivity contribution in [1.82, 2.24) is 4.31 Å². The maximum Gasteiger partial charge on any atom is 0.243 e. The Morgan fingerprint density at radius 2 is 1.74 bits per heavy atom. The van der Waals surface area contributed by atoms with Crippen LogP contribution >= 0.6 is 0 Å². The van der Waals surface area contributed by atoms with Gasteiger partial charge in [0, 0.05) is 30.6 Å². The van der Waals surface area contributed by atoms with Gasteiger partial charge in [0.1, 0.15) is 11.5 Å². The van der Waals surface area contributed by atoms with Crippen LogP contribution in [-0.2, 0) is 21.2 Å². The molecule has 1 aromatic heterocycles. The number of benzene rings is 1. The number of carbonyl (C=O) groups excluding carboxylic acids is 2. The van der Waals surface area contributed by atoms with Gasteiger partial charge >= 0.3 is 0 Å². The summed E-state index contributed by atoms with van der Waals surface area (Å²) >= 11 is 0. The van der Waals surface area contributed by atoms with Crippen LogP contribution in [0.3, 0.4) is 0 Å². The molecule has 0 radical (unpaired) electrons. The smallest absolute Gasteiger partial charge is 0.243 e. The van der Waals surface area contributed by atoms with Crippen LogP contribution in [0, 0.1) is 6.92 Å². The molecule has 8 heteroatoms. The zero-order valence-electron chi connectivity index (χ0n) is 18.5. The predicted octanol–water partition coefficient (Wildman–Crippen LogP) is 4.31. The first-order chi connectivity index (χ1) is 14.6. The van der Waals surface area contributed by atoms with Crippen LogP contribution in [0.25, 0.3) is 0 Å². The molecule has 2 aromatic rings. The molecule has 31 heavy (non-hydrogen) atoms. The molecule has 0 bridgehead atoms. The number of amides is 1. The Morgan fingerprint density at radius 3 is 2.29 bits per heavy atom. The second kappa shape index (κ2) is 9.36. The Labute approximate surface area is 183 Å². The molecule has 1 fully saturated rings. The number of aryl methyl sites for hydroxylation is 2. The normalized spacial score (nSPS) is 19.9. The van der Waals surface area contributed by atoms with E-state index in [9.17, 15) is 18.0 Å². The molecule has 1 aromatic carbocycles. The van der Waals surface area contributed by atoms with Crippen LogP contribution in [0.5, 0.6) is 0 Å². The molecule has 1 saturated heterocycles. The third-order valence-corrected chi connectivity index (χ3v) is 7.92. The first-order valence-corrected chi connectivity index (χ1v) is 12.1. The van der Waals surface area contributed by atoms with Gasteiger partial charge in [-0.25, -0.2) is 8.42 Å². The van der Waals surface area contributed by atoms with Crippen molar-refractivity contribution in [2.75, 3.05) is 5.32 Å². The molecule has 0 unspecified atom stereocenters. The number of hydrogen-bond acceptors (Lipinski definition) is 5. The topological polar surface area (TPSA) is 96.7 Å². The van der Waals surface area contributed by atoms with Gasteiger partial charge in [0.25, 0.3) is 0 Å². The summed E-state index contributed by atoms with van der Waals surface area (Å²) in [4.78, 5) is 24.0. The van der Waals surface area contributed by atoms with E-state index in [-0.39, 0.29) is 35.1 Å². The van der Waals surface area contributed by atoms with Gasteiger partial charge in [0.15, 0.2) is 5.78 Å². The number of ketones is 1. The number of carbonyl (C=O) groups is 2. The molecular weight excluding hydrogens is 416 g/mol. The molecule has 1 aliphatic rings. The van der Waals surface area contributed by atoms with Gasteiger partial charge in [-0.1, -0.05) is 6.42 Å². The second-order valence-corrected chi connectivity index (χ2v) is 10.1. The first-order valence-electron chi connectivity index (χ1n) is 10.6. The Morgan fingerprint density at radius 1 is 1.13 bits per heavy atom. The van der Waals surface area contributed by atoms with E-state index in [4.69, 9.17) is 4.42 Å². The summed E-state index contributed by atoms with van der Waals surface area (Å²) in [5, 5.41) is 2.78. The summed E-state index contributed by atoms with van der Waals surface area (Å²) in [5.41, 5.74) is 1.06. The minimum Gasteiger partial charge on any atom is -0.466 e. The second-order valence-electron chi connectivity index (χ2n) is 8.28. The minimum atomic E-state index is -3.58. The summed E-state index contributed by atoms with van der Waals surface area (Å²) < 4.78 is 33.3. The van der Waals surface area contributed by atoms with Gasteiger partial charge in [-0.3, -0.25) is 9.59 Å². The van der Waals surface area contributed by atoms with E-state index in [1.165, 1.54) is 19.1 Å². The third kappa shape index (κ3) is 5.25. The van der Waals surface area contributed by atoms with Crippen molar-refractivity contribution in [3.63, 3.8) is 0 Å². The van der Waals surface area contributed by atoms with Crippen LogP contribution < -0.4 is 5.32 Å². The van der Waals surface area contributed by atoms with E-state index < -0.39 is 10.0 Å². The molecule has 1 aliphatic heterocycles. The fraction of sp³-hybridized carbons (Fsp3) is 0.478. The Bertz CT molecular complexity index is 1050. The molecule has 0 saturated carbocycles. The largest absolute Gasteiger partial charge is 0.466 e. The Balaban J connectivity index is 1.61. The quantitative estimate of drug-likeness (QED) is 0.639. The fourth-order valence-corrected chi connectivity index (χ4v) is 6.06. The maximum atomic E-state index is 13.1.